The van der Waals surface area contributed by atoms with E-state index < -0.39 is 17.8 Å². The van der Waals surface area contributed by atoms with Gasteiger partial charge in [0.25, 0.3) is 5.91 Å². The summed E-state index contributed by atoms with van der Waals surface area (Å²) in [5.41, 5.74) is 0.870. The van der Waals surface area contributed by atoms with Gasteiger partial charge < -0.3 is 9.73 Å². The molecule has 9 heteroatoms. The van der Waals surface area contributed by atoms with Gasteiger partial charge in [0, 0.05) is 23.7 Å². The van der Waals surface area contributed by atoms with E-state index in [9.17, 15) is 18.0 Å². The Morgan fingerprint density at radius 3 is 2.61 bits per heavy atom. The number of benzene rings is 1. The normalized spacial score (nSPS) is 14.3. The number of halogens is 3. The number of nitrogens with zero attached hydrogens (tertiary/aromatic N) is 3. The van der Waals surface area contributed by atoms with Crippen LogP contribution in [0.25, 0.3) is 5.69 Å². The Labute approximate surface area is 158 Å². The molecule has 0 aliphatic heterocycles. The molecule has 3 aromatic rings. The summed E-state index contributed by atoms with van der Waals surface area (Å²) in [7, 11) is 0. The van der Waals surface area contributed by atoms with E-state index in [-0.39, 0.29) is 11.6 Å². The SMILES string of the molecule is CCc1ocnc1C(=O)Nc1ccc(-n2nc(C(F)(F)F)cc2C2CC2)cc1. The van der Waals surface area contributed by atoms with Crippen LogP contribution >= 0.6 is 0 Å². The fraction of sp³-hybridized carbons (Fsp3) is 0.316. The number of hydrogen-bond acceptors (Lipinski definition) is 4. The number of amides is 1. The van der Waals surface area contributed by atoms with Crippen LogP contribution in [0, 0.1) is 0 Å². The zero-order chi connectivity index (χ0) is 19.9. The second-order valence-electron chi connectivity index (χ2n) is 6.62. The number of carbonyl (C=O) groups excluding carboxylic acids is 1. The Balaban J connectivity index is 1.57. The smallest absolute Gasteiger partial charge is 0.435 e. The van der Waals surface area contributed by atoms with Gasteiger partial charge in [-0.05, 0) is 43.2 Å². The largest absolute Gasteiger partial charge is 0.448 e. The first kappa shape index (κ1) is 18.3. The fourth-order valence-electron chi connectivity index (χ4n) is 2.99. The molecule has 6 nitrogen and oxygen atoms in total. The molecule has 0 atom stereocenters. The van der Waals surface area contributed by atoms with Gasteiger partial charge in [0.15, 0.2) is 17.8 Å². The predicted octanol–water partition coefficient (Wildman–Crippen LogP) is 4.57. The molecule has 1 aromatic carbocycles. The van der Waals surface area contributed by atoms with Gasteiger partial charge in [-0.2, -0.15) is 18.3 Å². The molecule has 0 saturated heterocycles. The fourth-order valence-corrected chi connectivity index (χ4v) is 2.99. The molecule has 1 amide bonds. The molecule has 1 aliphatic rings. The minimum atomic E-state index is -4.49. The predicted molar refractivity (Wildman–Crippen MR) is 94.4 cm³/mol. The van der Waals surface area contributed by atoms with Crippen LogP contribution in [0.5, 0.6) is 0 Å². The summed E-state index contributed by atoms with van der Waals surface area (Å²) in [6.07, 6.45) is -1.03. The van der Waals surface area contributed by atoms with Gasteiger partial charge in [-0.1, -0.05) is 6.92 Å². The summed E-state index contributed by atoms with van der Waals surface area (Å²) in [5, 5.41) is 6.45. The number of oxazole rings is 1. The Morgan fingerprint density at radius 1 is 1.29 bits per heavy atom. The van der Waals surface area contributed by atoms with Crippen molar-refractivity contribution in [1.82, 2.24) is 14.8 Å². The number of alkyl halides is 3. The molecule has 2 heterocycles. The van der Waals surface area contributed by atoms with Crippen molar-refractivity contribution in [3.63, 3.8) is 0 Å². The van der Waals surface area contributed by atoms with Crippen LogP contribution in [0.1, 0.15) is 53.3 Å². The van der Waals surface area contributed by atoms with Crippen molar-refractivity contribution in [2.24, 2.45) is 0 Å². The summed E-state index contributed by atoms with van der Waals surface area (Å²) in [4.78, 5) is 16.2. The van der Waals surface area contributed by atoms with Gasteiger partial charge in [0.2, 0.25) is 0 Å². The van der Waals surface area contributed by atoms with E-state index in [0.29, 0.717) is 29.2 Å². The monoisotopic (exact) mass is 390 g/mol. The quantitative estimate of drug-likeness (QED) is 0.693. The number of hydrogen-bond donors (Lipinski definition) is 1. The molecule has 1 aliphatic carbocycles. The number of aryl methyl sites for hydroxylation is 1. The molecule has 2 aromatic heterocycles. The molecule has 146 valence electrons. The zero-order valence-electron chi connectivity index (χ0n) is 15.0. The average molecular weight is 390 g/mol. The molecule has 1 N–H and O–H groups in total. The lowest BCUT2D eigenvalue weighted by Gasteiger charge is -2.09. The van der Waals surface area contributed by atoms with Crippen LogP contribution in [-0.2, 0) is 12.6 Å². The number of anilines is 1. The second-order valence-corrected chi connectivity index (χ2v) is 6.62. The number of aromatic nitrogens is 3. The van der Waals surface area contributed by atoms with E-state index in [1.807, 2.05) is 6.92 Å². The first-order valence-electron chi connectivity index (χ1n) is 8.88. The van der Waals surface area contributed by atoms with Crippen molar-refractivity contribution in [1.29, 1.82) is 0 Å². The number of carbonyl (C=O) groups is 1. The second kappa shape index (κ2) is 6.81. The first-order chi connectivity index (χ1) is 13.4. The van der Waals surface area contributed by atoms with E-state index in [1.54, 1.807) is 24.3 Å². The maximum Gasteiger partial charge on any atom is 0.435 e. The maximum absolute atomic E-state index is 13.0. The third kappa shape index (κ3) is 3.51. The minimum Gasteiger partial charge on any atom is -0.448 e. The van der Waals surface area contributed by atoms with Crippen molar-refractivity contribution in [2.45, 2.75) is 38.3 Å². The van der Waals surface area contributed by atoms with Crippen LogP contribution in [0.4, 0.5) is 18.9 Å². The summed E-state index contributed by atoms with van der Waals surface area (Å²) in [6.45, 7) is 1.85. The highest BCUT2D eigenvalue weighted by atomic mass is 19.4. The standard InChI is InChI=1S/C19H17F3N4O2/c1-2-15-17(23-10-28-15)18(27)24-12-5-7-13(8-6-12)26-14(11-3-4-11)9-16(25-26)19(20,21)22/h5-11H,2-4H2,1H3,(H,24,27). The summed E-state index contributed by atoms with van der Waals surface area (Å²) >= 11 is 0. The molecule has 0 unspecified atom stereocenters. The third-order valence-corrected chi connectivity index (χ3v) is 4.57. The lowest BCUT2D eigenvalue weighted by atomic mass is 10.2. The van der Waals surface area contributed by atoms with Crippen LogP contribution in [0.2, 0.25) is 0 Å². The maximum atomic E-state index is 13.0. The van der Waals surface area contributed by atoms with Crippen molar-refractivity contribution in [2.75, 3.05) is 5.32 Å². The van der Waals surface area contributed by atoms with E-state index in [2.05, 4.69) is 15.4 Å². The Hall–Kier alpha value is -3.10. The van der Waals surface area contributed by atoms with Gasteiger partial charge in [0.05, 0.1) is 5.69 Å². The van der Waals surface area contributed by atoms with E-state index in [0.717, 1.165) is 18.9 Å². The molecular weight excluding hydrogens is 373 g/mol. The van der Waals surface area contributed by atoms with Gasteiger partial charge in [0.1, 0.15) is 5.76 Å². The molecular formula is C19H17F3N4O2. The average Bonchev–Trinajstić information content (AvgIpc) is 3.21. The van der Waals surface area contributed by atoms with Crippen molar-refractivity contribution < 1.29 is 22.4 Å². The number of nitrogens with one attached hydrogen (secondary N) is 1. The summed E-state index contributed by atoms with van der Waals surface area (Å²) in [6, 6.07) is 7.59. The molecule has 1 fully saturated rings. The van der Waals surface area contributed by atoms with Crippen LogP contribution in [0.3, 0.4) is 0 Å². The van der Waals surface area contributed by atoms with Gasteiger partial charge >= 0.3 is 6.18 Å². The lowest BCUT2D eigenvalue weighted by Crippen LogP contribution is -2.14. The molecule has 0 bridgehead atoms. The lowest BCUT2D eigenvalue weighted by molar-refractivity contribution is -0.141. The topological polar surface area (TPSA) is 73.0 Å². The highest BCUT2D eigenvalue weighted by molar-refractivity contribution is 6.03. The van der Waals surface area contributed by atoms with Crippen molar-refractivity contribution in [3.8, 4) is 5.69 Å². The summed E-state index contributed by atoms with van der Waals surface area (Å²) in [5.74, 6) is 0.178. The highest BCUT2D eigenvalue weighted by Gasteiger charge is 2.38. The van der Waals surface area contributed by atoms with Crippen LogP contribution in [0.15, 0.2) is 41.1 Å². The van der Waals surface area contributed by atoms with Gasteiger partial charge in [-0.25, -0.2) is 9.67 Å². The molecule has 0 spiro atoms. The molecule has 28 heavy (non-hydrogen) atoms. The minimum absolute atomic E-state index is 0.0996. The Bertz CT molecular complexity index is 1000. The van der Waals surface area contributed by atoms with Crippen molar-refractivity contribution >= 4 is 11.6 Å². The number of rotatable bonds is 5. The Morgan fingerprint density at radius 2 is 2.00 bits per heavy atom. The van der Waals surface area contributed by atoms with Crippen molar-refractivity contribution in [3.05, 3.63) is 59.6 Å². The summed E-state index contributed by atoms with van der Waals surface area (Å²) < 4.78 is 45.6. The van der Waals surface area contributed by atoms with E-state index in [4.69, 9.17) is 4.42 Å². The van der Waals surface area contributed by atoms with E-state index >= 15 is 0 Å². The molecule has 4 rings (SSSR count). The molecule has 0 radical (unpaired) electrons. The van der Waals surface area contributed by atoms with Crippen LogP contribution < -0.4 is 5.32 Å². The highest BCUT2D eigenvalue weighted by Crippen LogP contribution is 2.43. The van der Waals surface area contributed by atoms with Gasteiger partial charge in [-0.3, -0.25) is 4.79 Å². The third-order valence-electron chi connectivity index (χ3n) is 4.57. The van der Waals surface area contributed by atoms with E-state index in [1.165, 1.54) is 11.1 Å². The first-order valence-corrected chi connectivity index (χ1v) is 8.88. The zero-order valence-corrected chi connectivity index (χ0v) is 15.0. The molecule has 1 saturated carbocycles. The Kier molecular flexibility index (Phi) is 4.44. The van der Waals surface area contributed by atoms with Gasteiger partial charge in [-0.15, -0.1) is 0 Å². The van der Waals surface area contributed by atoms with Crippen LogP contribution in [-0.4, -0.2) is 20.7 Å².